The molecule has 5 nitrogen and oxygen atoms in total. The Morgan fingerprint density at radius 1 is 1.28 bits per heavy atom. The number of hydrogen-bond acceptors (Lipinski definition) is 4. The van der Waals surface area contributed by atoms with Gasteiger partial charge < -0.3 is 10.2 Å². The molecular weight excluding hydrogens is 402 g/mol. The summed E-state index contributed by atoms with van der Waals surface area (Å²) in [6.07, 6.45) is 2.17. The van der Waals surface area contributed by atoms with Crippen molar-refractivity contribution in [3.63, 3.8) is 0 Å². The highest BCUT2D eigenvalue weighted by Crippen LogP contribution is 2.22. The van der Waals surface area contributed by atoms with Gasteiger partial charge in [-0.05, 0) is 40.9 Å². The Morgan fingerprint density at radius 3 is 2.72 bits per heavy atom. The van der Waals surface area contributed by atoms with Crippen LogP contribution in [0.3, 0.4) is 0 Å². The molecule has 2 heterocycles. The normalized spacial score (nSPS) is 15.2. The molecule has 0 saturated carbocycles. The lowest BCUT2D eigenvalue weighted by Gasteiger charge is -2.31. The lowest BCUT2D eigenvalue weighted by atomic mass is 9.95. The highest BCUT2D eigenvalue weighted by Gasteiger charge is 2.28. The van der Waals surface area contributed by atoms with Crippen molar-refractivity contribution in [2.24, 2.45) is 5.92 Å². The molecule has 2 amide bonds. The Balaban J connectivity index is 1.45. The molecule has 25 heavy (non-hydrogen) atoms. The predicted molar refractivity (Wildman–Crippen MR) is 102 cm³/mol. The van der Waals surface area contributed by atoms with Crippen LogP contribution in [0.5, 0.6) is 0 Å². The zero-order valence-corrected chi connectivity index (χ0v) is 16.2. The van der Waals surface area contributed by atoms with Crippen molar-refractivity contribution in [2.75, 3.05) is 19.6 Å². The highest BCUT2D eigenvalue weighted by molar-refractivity contribution is 9.10. The maximum Gasteiger partial charge on any atom is 0.254 e. The number of amides is 2. The van der Waals surface area contributed by atoms with Crippen LogP contribution in [-0.2, 0) is 11.2 Å². The second-order valence-electron chi connectivity index (χ2n) is 6.07. The molecule has 132 valence electrons. The molecule has 0 unspecified atom stereocenters. The number of nitrogens with zero attached hydrogens (tertiary/aromatic N) is 2. The van der Waals surface area contributed by atoms with Crippen molar-refractivity contribution >= 4 is 39.1 Å². The minimum atomic E-state index is -0.0151. The molecule has 1 saturated heterocycles. The molecule has 0 spiro atoms. The third-order valence-corrected chi connectivity index (χ3v) is 5.75. The Morgan fingerprint density at radius 2 is 2.04 bits per heavy atom. The standard InChI is InChI=1S/C18H20BrN3O2S/c19-16-4-2-1-3-15(16)18(24)22-9-6-13(7-10-22)17(23)20-8-5-14-11-25-12-21-14/h1-4,11-13H,5-10H2,(H,20,23). The number of halogens is 1. The SMILES string of the molecule is O=C(NCCc1cscn1)C1CCN(C(=O)c2ccccc2Br)CC1. The highest BCUT2D eigenvalue weighted by atomic mass is 79.9. The van der Waals surface area contributed by atoms with Crippen LogP contribution in [0.15, 0.2) is 39.6 Å². The molecule has 1 aromatic heterocycles. The summed E-state index contributed by atoms with van der Waals surface area (Å²) in [6, 6.07) is 7.45. The zero-order chi connectivity index (χ0) is 17.6. The van der Waals surface area contributed by atoms with Crippen molar-refractivity contribution < 1.29 is 9.59 Å². The van der Waals surface area contributed by atoms with Crippen LogP contribution in [0.4, 0.5) is 0 Å². The molecule has 1 aromatic carbocycles. The van der Waals surface area contributed by atoms with E-state index >= 15 is 0 Å². The van der Waals surface area contributed by atoms with E-state index in [1.165, 1.54) is 0 Å². The summed E-state index contributed by atoms with van der Waals surface area (Å²) in [5, 5.41) is 4.99. The van der Waals surface area contributed by atoms with E-state index in [4.69, 9.17) is 0 Å². The first kappa shape index (κ1) is 18.1. The molecule has 1 fully saturated rings. The number of likely N-dealkylation sites (tertiary alicyclic amines) is 1. The topological polar surface area (TPSA) is 62.3 Å². The monoisotopic (exact) mass is 421 g/mol. The third-order valence-electron chi connectivity index (χ3n) is 4.42. The van der Waals surface area contributed by atoms with Gasteiger partial charge in [0.05, 0.1) is 16.8 Å². The Hall–Kier alpha value is -1.73. The van der Waals surface area contributed by atoms with Gasteiger partial charge in [0.25, 0.3) is 5.91 Å². The molecule has 1 N–H and O–H groups in total. The number of aromatic nitrogens is 1. The van der Waals surface area contributed by atoms with Gasteiger partial charge in [-0.25, -0.2) is 4.98 Å². The molecule has 1 aliphatic rings. The summed E-state index contributed by atoms with van der Waals surface area (Å²) in [5.74, 6) is 0.0942. The van der Waals surface area contributed by atoms with Crippen LogP contribution < -0.4 is 5.32 Å². The van der Waals surface area contributed by atoms with Gasteiger partial charge in [-0.1, -0.05) is 12.1 Å². The van der Waals surface area contributed by atoms with Gasteiger partial charge in [-0.3, -0.25) is 9.59 Å². The predicted octanol–water partition coefficient (Wildman–Crippen LogP) is 3.12. The average molecular weight is 422 g/mol. The lowest BCUT2D eigenvalue weighted by molar-refractivity contribution is -0.126. The molecular formula is C18H20BrN3O2S. The van der Waals surface area contributed by atoms with Crippen molar-refractivity contribution in [1.82, 2.24) is 15.2 Å². The molecule has 0 atom stereocenters. The van der Waals surface area contributed by atoms with Crippen LogP contribution >= 0.6 is 27.3 Å². The maximum atomic E-state index is 12.6. The molecule has 7 heteroatoms. The first-order valence-electron chi connectivity index (χ1n) is 8.33. The van der Waals surface area contributed by atoms with Gasteiger partial charge in [0.2, 0.25) is 5.91 Å². The first-order valence-corrected chi connectivity index (χ1v) is 10.1. The van der Waals surface area contributed by atoms with Gasteiger partial charge in [0.1, 0.15) is 0 Å². The number of thiazole rings is 1. The van der Waals surface area contributed by atoms with Crippen molar-refractivity contribution in [3.8, 4) is 0 Å². The van der Waals surface area contributed by atoms with E-state index in [0.29, 0.717) is 38.0 Å². The van der Waals surface area contributed by atoms with E-state index in [0.717, 1.165) is 16.6 Å². The fraction of sp³-hybridized carbons (Fsp3) is 0.389. The number of carbonyl (C=O) groups is 2. The van der Waals surface area contributed by atoms with E-state index in [1.54, 1.807) is 16.8 Å². The fourth-order valence-electron chi connectivity index (χ4n) is 2.97. The van der Waals surface area contributed by atoms with Gasteiger partial charge in [-0.2, -0.15) is 0 Å². The minimum absolute atomic E-state index is 0.0151. The summed E-state index contributed by atoms with van der Waals surface area (Å²) in [7, 11) is 0. The Labute approximate surface area is 159 Å². The van der Waals surface area contributed by atoms with Crippen LogP contribution in [0.2, 0.25) is 0 Å². The van der Waals surface area contributed by atoms with Crippen LogP contribution in [0.1, 0.15) is 28.9 Å². The number of nitrogens with one attached hydrogen (secondary N) is 1. The summed E-state index contributed by atoms with van der Waals surface area (Å²) in [4.78, 5) is 30.9. The molecule has 1 aliphatic heterocycles. The van der Waals surface area contributed by atoms with Crippen LogP contribution in [0.25, 0.3) is 0 Å². The van der Waals surface area contributed by atoms with E-state index in [9.17, 15) is 9.59 Å². The van der Waals surface area contributed by atoms with E-state index in [2.05, 4.69) is 26.2 Å². The minimum Gasteiger partial charge on any atom is -0.355 e. The molecule has 0 bridgehead atoms. The van der Waals surface area contributed by atoms with Gasteiger partial charge in [0, 0.05) is 41.8 Å². The lowest BCUT2D eigenvalue weighted by Crippen LogP contribution is -2.43. The average Bonchev–Trinajstić information content (AvgIpc) is 3.15. The van der Waals surface area contributed by atoms with E-state index in [-0.39, 0.29) is 17.7 Å². The van der Waals surface area contributed by atoms with Crippen LogP contribution in [-0.4, -0.2) is 41.3 Å². The van der Waals surface area contributed by atoms with Crippen molar-refractivity contribution in [2.45, 2.75) is 19.3 Å². The van der Waals surface area contributed by atoms with Crippen molar-refractivity contribution in [1.29, 1.82) is 0 Å². The summed E-state index contributed by atoms with van der Waals surface area (Å²) in [5.41, 5.74) is 3.49. The largest absolute Gasteiger partial charge is 0.355 e. The van der Waals surface area contributed by atoms with Gasteiger partial charge >= 0.3 is 0 Å². The van der Waals surface area contributed by atoms with E-state index < -0.39 is 0 Å². The summed E-state index contributed by atoms with van der Waals surface area (Å²) >= 11 is 4.99. The molecule has 3 rings (SSSR count). The quantitative estimate of drug-likeness (QED) is 0.806. The van der Waals surface area contributed by atoms with Crippen LogP contribution in [0, 0.1) is 5.92 Å². The van der Waals surface area contributed by atoms with Gasteiger partial charge in [-0.15, -0.1) is 11.3 Å². The van der Waals surface area contributed by atoms with Crippen molar-refractivity contribution in [3.05, 3.63) is 50.9 Å². The smallest absolute Gasteiger partial charge is 0.254 e. The molecule has 2 aromatic rings. The maximum absolute atomic E-state index is 12.6. The fourth-order valence-corrected chi connectivity index (χ4v) is 4.02. The summed E-state index contributed by atoms with van der Waals surface area (Å²) in [6.45, 7) is 1.84. The zero-order valence-electron chi connectivity index (χ0n) is 13.8. The Bertz CT molecular complexity index is 728. The number of carbonyl (C=O) groups excluding carboxylic acids is 2. The number of hydrogen-bond donors (Lipinski definition) is 1. The Kier molecular flexibility index (Phi) is 6.20. The number of rotatable bonds is 5. The van der Waals surface area contributed by atoms with Gasteiger partial charge in [0.15, 0.2) is 0 Å². The molecule has 0 aliphatic carbocycles. The third kappa shape index (κ3) is 4.67. The number of benzene rings is 1. The first-order chi connectivity index (χ1) is 12.1. The number of piperidine rings is 1. The second kappa shape index (κ2) is 8.58. The second-order valence-corrected chi connectivity index (χ2v) is 7.64. The van der Waals surface area contributed by atoms with E-state index in [1.807, 2.05) is 34.5 Å². The molecule has 0 radical (unpaired) electrons. The summed E-state index contributed by atoms with van der Waals surface area (Å²) < 4.78 is 0.807.